The van der Waals surface area contributed by atoms with E-state index in [2.05, 4.69) is 31.2 Å². The Morgan fingerprint density at radius 1 is 1.18 bits per heavy atom. The molecule has 1 aromatic rings. The zero-order chi connectivity index (χ0) is 15.4. The van der Waals surface area contributed by atoms with Crippen molar-refractivity contribution in [3.8, 4) is 0 Å². The van der Waals surface area contributed by atoms with Gasteiger partial charge in [0.15, 0.2) is 0 Å². The second kappa shape index (κ2) is 7.35. The molecule has 22 heavy (non-hydrogen) atoms. The first kappa shape index (κ1) is 15.6. The Morgan fingerprint density at radius 2 is 1.91 bits per heavy atom. The summed E-state index contributed by atoms with van der Waals surface area (Å²) in [4.78, 5) is 14.1. The molecule has 3 rings (SSSR count). The molecule has 0 radical (unpaired) electrons. The molecule has 2 aliphatic rings. The van der Waals surface area contributed by atoms with Crippen molar-refractivity contribution in [2.24, 2.45) is 0 Å². The van der Waals surface area contributed by atoms with Crippen LogP contribution in [0.2, 0.25) is 0 Å². The number of hydrogen-bond acceptors (Lipinski definition) is 6. The molecule has 0 saturated carbocycles. The largest absolute Gasteiger partial charge is 0.379 e. The predicted molar refractivity (Wildman–Crippen MR) is 87.2 cm³/mol. The normalized spacial score (nSPS) is 21.3. The summed E-state index contributed by atoms with van der Waals surface area (Å²) in [5.74, 6) is 1.94. The number of aromatic nitrogens is 2. The van der Waals surface area contributed by atoms with Crippen molar-refractivity contribution < 1.29 is 4.74 Å². The van der Waals surface area contributed by atoms with Crippen LogP contribution in [0.1, 0.15) is 24.4 Å². The maximum Gasteiger partial charge on any atom is 0.132 e. The van der Waals surface area contributed by atoms with Crippen molar-refractivity contribution in [2.75, 3.05) is 51.3 Å². The molecule has 0 aliphatic carbocycles. The van der Waals surface area contributed by atoms with Crippen molar-refractivity contribution in [3.63, 3.8) is 0 Å². The van der Waals surface area contributed by atoms with E-state index in [1.165, 1.54) is 12.8 Å². The lowest BCUT2D eigenvalue weighted by atomic mass is 10.0. The third-order valence-corrected chi connectivity index (χ3v) is 4.59. The highest BCUT2D eigenvalue weighted by Crippen LogP contribution is 2.22. The van der Waals surface area contributed by atoms with Crippen LogP contribution in [-0.4, -0.2) is 67.4 Å². The molecule has 0 bridgehead atoms. The summed E-state index contributed by atoms with van der Waals surface area (Å²) >= 11 is 0. The Kier molecular flexibility index (Phi) is 5.23. The molecular weight excluding hydrogens is 278 g/mol. The first-order chi connectivity index (χ1) is 10.8. The lowest BCUT2D eigenvalue weighted by Crippen LogP contribution is -2.49. The van der Waals surface area contributed by atoms with Gasteiger partial charge in [0.05, 0.1) is 18.9 Å². The molecule has 0 spiro atoms. The average molecular weight is 305 g/mol. The van der Waals surface area contributed by atoms with Crippen molar-refractivity contribution >= 4 is 5.82 Å². The quantitative estimate of drug-likeness (QED) is 0.888. The van der Waals surface area contributed by atoms with Gasteiger partial charge in [0.25, 0.3) is 0 Å². The van der Waals surface area contributed by atoms with Gasteiger partial charge in [0.1, 0.15) is 11.6 Å². The van der Waals surface area contributed by atoms with Crippen molar-refractivity contribution in [1.29, 1.82) is 0 Å². The first-order valence-corrected chi connectivity index (χ1v) is 8.32. The SMILES string of the molecule is CNCc1cc(N2CCC(N3CCOCC3)CC2)nc(C)n1. The first-order valence-electron chi connectivity index (χ1n) is 8.32. The Balaban J connectivity index is 1.61. The summed E-state index contributed by atoms with van der Waals surface area (Å²) in [5.41, 5.74) is 1.07. The van der Waals surface area contributed by atoms with E-state index in [9.17, 15) is 0 Å². The fraction of sp³-hybridized carbons (Fsp3) is 0.750. The monoisotopic (exact) mass is 305 g/mol. The summed E-state index contributed by atoms with van der Waals surface area (Å²) in [5, 5.41) is 3.16. The van der Waals surface area contributed by atoms with E-state index < -0.39 is 0 Å². The molecule has 6 nitrogen and oxygen atoms in total. The topological polar surface area (TPSA) is 53.5 Å². The van der Waals surface area contributed by atoms with Gasteiger partial charge < -0.3 is 15.0 Å². The fourth-order valence-corrected chi connectivity index (χ4v) is 3.45. The summed E-state index contributed by atoms with van der Waals surface area (Å²) in [6.07, 6.45) is 2.43. The molecule has 1 aromatic heterocycles. The lowest BCUT2D eigenvalue weighted by molar-refractivity contribution is 0.0114. The second-order valence-corrected chi connectivity index (χ2v) is 6.16. The molecule has 0 unspecified atom stereocenters. The number of ether oxygens (including phenoxy) is 1. The number of piperidine rings is 1. The Labute approximate surface area is 132 Å². The summed E-state index contributed by atoms with van der Waals surface area (Å²) < 4.78 is 5.46. The van der Waals surface area contributed by atoms with Gasteiger partial charge in [0.2, 0.25) is 0 Å². The van der Waals surface area contributed by atoms with Gasteiger partial charge in [-0.1, -0.05) is 0 Å². The van der Waals surface area contributed by atoms with Crippen LogP contribution in [-0.2, 0) is 11.3 Å². The Morgan fingerprint density at radius 3 is 2.59 bits per heavy atom. The van der Waals surface area contributed by atoms with Gasteiger partial charge in [-0.2, -0.15) is 0 Å². The highest BCUT2D eigenvalue weighted by molar-refractivity contribution is 5.40. The maximum atomic E-state index is 5.46. The predicted octanol–water partition coefficient (Wildman–Crippen LogP) is 0.805. The van der Waals surface area contributed by atoms with Crippen LogP contribution < -0.4 is 10.2 Å². The fourth-order valence-electron chi connectivity index (χ4n) is 3.45. The van der Waals surface area contributed by atoms with E-state index in [1.54, 1.807) is 0 Å². The molecule has 122 valence electrons. The van der Waals surface area contributed by atoms with Crippen LogP contribution in [0.5, 0.6) is 0 Å². The van der Waals surface area contributed by atoms with E-state index in [1.807, 2.05) is 14.0 Å². The molecular formula is C16H27N5O. The zero-order valence-electron chi connectivity index (χ0n) is 13.7. The summed E-state index contributed by atoms with van der Waals surface area (Å²) in [6, 6.07) is 2.83. The van der Waals surface area contributed by atoms with Crippen molar-refractivity contribution in [1.82, 2.24) is 20.2 Å². The molecule has 2 fully saturated rings. The van der Waals surface area contributed by atoms with Crippen LogP contribution in [0.25, 0.3) is 0 Å². The number of rotatable bonds is 4. The van der Waals surface area contributed by atoms with Crippen molar-refractivity contribution in [2.45, 2.75) is 32.4 Å². The van der Waals surface area contributed by atoms with Crippen LogP contribution >= 0.6 is 0 Å². The van der Waals surface area contributed by atoms with Crippen LogP contribution in [0, 0.1) is 6.92 Å². The molecule has 2 aliphatic heterocycles. The molecule has 0 amide bonds. The number of nitrogens with zero attached hydrogens (tertiary/aromatic N) is 4. The minimum absolute atomic E-state index is 0.708. The van der Waals surface area contributed by atoms with E-state index >= 15 is 0 Å². The minimum Gasteiger partial charge on any atom is -0.379 e. The van der Waals surface area contributed by atoms with Gasteiger partial charge in [-0.3, -0.25) is 4.90 Å². The van der Waals surface area contributed by atoms with Gasteiger partial charge in [-0.05, 0) is 26.8 Å². The van der Waals surface area contributed by atoms with Crippen LogP contribution in [0.15, 0.2) is 6.07 Å². The summed E-state index contributed by atoms with van der Waals surface area (Å²) in [6.45, 7) is 8.88. The minimum atomic E-state index is 0.708. The van der Waals surface area contributed by atoms with E-state index in [0.29, 0.717) is 6.04 Å². The van der Waals surface area contributed by atoms with Gasteiger partial charge in [-0.15, -0.1) is 0 Å². The van der Waals surface area contributed by atoms with Crippen LogP contribution in [0.4, 0.5) is 5.82 Å². The molecule has 6 heteroatoms. The number of aryl methyl sites for hydroxylation is 1. The Hall–Kier alpha value is -1.24. The smallest absolute Gasteiger partial charge is 0.132 e. The summed E-state index contributed by atoms with van der Waals surface area (Å²) in [7, 11) is 1.95. The number of anilines is 1. The molecule has 2 saturated heterocycles. The molecule has 0 atom stereocenters. The highest BCUT2D eigenvalue weighted by atomic mass is 16.5. The van der Waals surface area contributed by atoms with Gasteiger partial charge in [0, 0.05) is 44.8 Å². The Bertz CT molecular complexity index is 481. The van der Waals surface area contributed by atoms with Gasteiger partial charge in [-0.25, -0.2) is 9.97 Å². The molecule has 0 aromatic carbocycles. The van der Waals surface area contributed by atoms with E-state index in [4.69, 9.17) is 4.74 Å². The third kappa shape index (κ3) is 3.74. The lowest BCUT2D eigenvalue weighted by Gasteiger charge is -2.40. The number of morpholine rings is 1. The zero-order valence-corrected chi connectivity index (χ0v) is 13.7. The molecule has 1 N–H and O–H groups in total. The van der Waals surface area contributed by atoms with E-state index in [0.717, 1.165) is 63.3 Å². The maximum absolute atomic E-state index is 5.46. The average Bonchev–Trinajstić information content (AvgIpc) is 2.56. The van der Waals surface area contributed by atoms with Crippen molar-refractivity contribution in [3.05, 3.63) is 17.6 Å². The highest BCUT2D eigenvalue weighted by Gasteiger charge is 2.26. The second-order valence-electron chi connectivity index (χ2n) is 6.16. The third-order valence-electron chi connectivity index (χ3n) is 4.59. The number of nitrogens with one attached hydrogen (secondary N) is 1. The van der Waals surface area contributed by atoms with E-state index in [-0.39, 0.29) is 0 Å². The van der Waals surface area contributed by atoms with Crippen LogP contribution in [0.3, 0.4) is 0 Å². The van der Waals surface area contributed by atoms with Gasteiger partial charge >= 0.3 is 0 Å². The standard InChI is InChI=1S/C16H27N5O/c1-13-18-14(12-17-2)11-16(19-13)21-5-3-15(4-6-21)20-7-9-22-10-8-20/h11,15,17H,3-10,12H2,1-2H3. The number of hydrogen-bond donors (Lipinski definition) is 1. The molecule has 3 heterocycles.